The molecule has 2 amide bonds. The highest BCUT2D eigenvalue weighted by Crippen LogP contribution is 2.35. The third kappa shape index (κ3) is 3.91. The second-order valence-corrected chi connectivity index (χ2v) is 7.71. The molecule has 3 aromatic rings. The Balaban J connectivity index is 1.77. The number of hydrogen-bond donors (Lipinski definition) is 0. The van der Waals surface area contributed by atoms with Gasteiger partial charge in [0.1, 0.15) is 23.2 Å². The van der Waals surface area contributed by atoms with Gasteiger partial charge < -0.3 is 4.42 Å². The summed E-state index contributed by atoms with van der Waals surface area (Å²) in [6, 6.07) is 19.7. The lowest BCUT2D eigenvalue weighted by atomic mass is 9.92. The van der Waals surface area contributed by atoms with Crippen molar-refractivity contribution < 1.29 is 18.9 Å². The van der Waals surface area contributed by atoms with E-state index in [1.165, 1.54) is 19.1 Å². The molecule has 8 nitrogen and oxygen atoms in total. The number of benzene rings is 2. The molecule has 0 radical (unpaired) electrons. The van der Waals surface area contributed by atoms with E-state index in [1.54, 1.807) is 61.5 Å². The molecule has 168 valence electrons. The van der Waals surface area contributed by atoms with Gasteiger partial charge in [0.2, 0.25) is 0 Å². The molecule has 4 rings (SSSR count). The van der Waals surface area contributed by atoms with Crippen LogP contribution in [-0.4, -0.2) is 21.6 Å². The zero-order chi connectivity index (χ0) is 24.4. The van der Waals surface area contributed by atoms with Crippen molar-refractivity contribution in [2.75, 3.05) is 0 Å². The van der Waals surface area contributed by atoms with Crippen LogP contribution in [0.15, 0.2) is 87.9 Å². The Morgan fingerprint density at radius 2 is 1.71 bits per heavy atom. The van der Waals surface area contributed by atoms with Crippen molar-refractivity contribution in [2.24, 2.45) is 0 Å². The van der Waals surface area contributed by atoms with E-state index in [4.69, 9.17) is 4.42 Å². The minimum atomic E-state index is -0.654. The zero-order valence-electron chi connectivity index (χ0n) is 18.4. The van der Waals surface area contributed by atoms with Crippen molar-refractivity contribution in [3.05, 3.63) is 105 Å². The van der Waals surface area contributed by atoms with Crippen LogP contribution in [0.5, 0.6) is 0 Å². The molecule has 0 bridgehead atoms. The molecule has 1 unspecified atom stereocenters. The van der Waals surface area contributed by atoms with E-state index in [0.29, 0.717) is 5.56 Å². The maximum Gasteiger partial charge on any atom is 0.280 e. The Morgan fingerprint density at radius 1 is 1.03 bits per heavy atom. The number of nitriles is 1. The van der Waals surface area contributed by atoms with E-state index in [0.717, 1.165) is 10.5 Å². The fraction of sp³-hybridized carbons (Fsp3) is 0.115. The monoisotopic (exact) mass is 453 g/mol. The number of carbonyl (C=O) groups excluding carboxylic acids is 2. The molecule has 1 aliphatic rings. The van der Waals surface area contributed by atoms with E-state index in [1.807, 2.05) is 12.1 Å². The van der Waals surface area contributed by atoms with Crippen molar-refractivity contribution in [3.8, 4) is 17.4 Å². The first-order valence-electron chi connectivity index (χ1n) is 10.4. The summed E-state index contributed by atoms with van der Waals surface area (Å²) in [6.45, 7) is 3.26. The number of nitro benzene ring substituents is 1. The molecule has 0 fully saturated rings. The molecule has 2 heterocycles. The van der Waals surface area contributed by atoms with Crippen LogP contribution in [-0.2, 0) is 9.59 Å². The fourth-order valence-electron chi connectivity index (χ4n) is 3.89. The molecule has 0 spiro atoms. The summed E-state index contributed by atoms with van der Waals surface area (Å²) in [5.74, 6) is -0.690. The fourth-order valence-corrected chi connectivity index (χ4v) is 3.89. The Morgan fingerprint density at radius 3 is 2.38 bits per heavy atom. The SMILES string of the molecule is CC1=C(C#N)C(=O)N(C(C)c2ccccc2)C(=O)/C1=C/c1ccc(-c2ccccc2[N+](=O)[O-])o1. The summed E-state index contributed by atoms with van der Waals surface area (Å²) in [7, 11) is 0. The maximum atomic E-state index is 13.4. The molecule has 0 N–H and O–H groups in total. The van der Waals surface area contributed by atoms with Crippen LogP contribution in [0.2, 0.25) is 0 Å². The van der Waals surface area contributed by atoms with Crippen LogP contribution in [0.4, 0.5) is 5.69 Å². The molecule has 1 atom stereocenters. The van der Waals surface area contributed by atoms with Gasteiger partial charge in [0.15, 0.2) is 0 Å². The highest BCUT2D eigenvalue weighted by atomic mass is 16.6. The summed E-state index contributed by atoms with van der Waals surface area (Å²) in [5, 5.41) is 21.0. The van der Waals surface area contributed by atoms with Gasteiger partial charge in [0.25, 0.3) is 17.5 Å². The molecule has 2 aromatic carbocycles. The number of hydrogen-bond acceptors (Lipinski definition) is 6. The molecule has 0 saturated carbocycles. The Bertz CT molecular complexity index is 1410. The molecule has 34 heavy (non-hydrogen) atoms. The highest BCUT2D eigenvalue weighted by Gasteiger charge is 2.38. The third-order valence-electron chi connectivity index (χ3n) is 5.72. The van der Waals surface area contributed by atoms with Crippen molar-refractivity contribution >= 4 is 23.6 Å². The topological polar surface area (TPSA) is 117 Å². The first-order chi connectivity index (χ1) is 16.3. The van der Waals surface area contributed by atoms with Crippen molar-refractivity contribution in [1.29, 1.82) is 5.26 Å². The summed E-state index contributed by atoms with van der Waals surface area (Å²) < 4.78 is 5.79. The lowest BCUT2D eigenvalue weighted by molar-refractivity contribution is -0.384. The average Bonchev–Trinajstić information content (AvgIpc) is 3.31. The first-order valence-corrected chi connectivity index (χ1v) is 10.4. The second-order valence-electron chi connectivity index (χ2n) is 7.71. The quantitative estimate of drug-likeness (QED) is 0.227. The van der Waals surface area contributed by atoms with E-state index < -0.39 is 22.8 Å². The minimum Gasteiger partial charge on any atom is -0.456 e. The van der Waals surface area contributed by atoms with Crippen molar-refractivity contribution in [1.82, 2.24) is 4.90 Å². The lowest BCUT2D eigenvalue weighted by Gasteiger charge is -2.32. The Kier molecular flexibility index (Phi) is 5.94. The predicted molar refractivity (Wildman–Crippen MR) is 124 cm³/mol. The molecule has 1 aliphatic heterocycles. The van der Waals surface area contributed by atoms with Gasteiger partial charge in [-0.3, -0.25) is 24.6 Å². The van der Waals surface area contributed by atoms with Crippen LogP contribution in [0.25, 0.3) is 17.4 Å². The molecule has 0 saturated heterocycles. The molecule has 0 aliphatic carbocycles. The molecular weight excluding hydrogens is 434 g/mol. The van der Waals surface area contributed by atoms with Crippen LogP contribution < -0.4 is 0 Å². The smallest absolute Gasteiger partial charge is 0.280 e. The van der Waals surface area contributed by atoms with E-state index in [2.05, 4.69) is 0 Å². The van der Waals surface area contributed by atoms with Crippen LogP contribution in [0.1, 0.15) is 31.2 Å². The molecular formula is C26H19N3O5. The molecule has 1 aromatic heterocycles. The summed E-state index contributed by atoms with van der Waals surface area (Å²) in [6.07, 6.45) is 1.45. The minimum absolute atomic E-state index is 0.110. The first kappa shape index (κ1) is 22.4. The van der Waals surface area contributed by atoms with Crippen LogP contribution in [0, 0.1) is 21.4 Å². The van der Waals surface area contributed by atoms with Gasteiger partial charge in [-0.15, -0.1) is 0 Å². The lowest BCUT2D eigenvalue weighted by Crippen LogP contribution is -2.44. The Hall–Kier alpha value is -4.77. The standard InChI is InChI=1S/C26H19N3O5/c1-16-21(14-19-12-13-24(34-19)20-10-6-7-11-23(20)29(32)33)25(30)28(26(31)22(16)15-27)17(2)18-8-4-3-5-9-18/h3-14,17H,1-2H3/b21-14+. The maximum absolute atomic E-state index is 13.4. The zero-order valence-corrected chi connectivity index (χ0v) is 18.4. The van der Waals surface area contributed by atoms with Gasteiger partial charge >= 0.3 is 0 Å². The number of furan rings is 1. The van der Waals surface area contributed by atoms with E-state index in [9.17, 15) is 25.0 Å². The molecule has 8 heteroatoms. The Labute approximate surface area is 195 Å². The van der Waals surface area contributed by atoms with E-state index in [-0.39, 0.29) is 33.9 Å². The van der Waals surface area contributed by atoms with Gasteiger partial charge in [-0.25, -0.2) is 0 Å². The highest BCUT2D eigenvalue weighted by molar-refractivity contribution is 6.19. The summed E-state index contributed by atoms with van der Waals surface area (Å²) in [4.78, 5) is 38.3. The summed E-state index contributed by atoms with van der Waals surface area (Å²) >= 11 is 0. The number of para-hydroxylation sites is 1. The predicted octanol–water partition coefficient (Wildman–Crippen LogP) is 5.21. The summed E-state index contributed by atoms with van der Waals surface area (Å²) in [5.41, 5.74) is 1.20. The van der Waals surface area contributed by atoms with Gasteiger partial charge in [0, 0.05) is 11.6 Å². The number of carbonyl (C=O) groups is 2. The number of rotatable bonds is 5. The number of nitrogens with zero attached hydrogens (tertiary/aromatic N) is 3. The van der Waals surface area contributed by atoms with Crippen molar-refractivity contribution in [3.63, 3.8) is 0 Å². The second kappa shape index (κ2) is 9.00. The normalized spacial score (nSPS) is 16.0. The van der Waals surface area contributed by atoms with Crippen LogP contribution >= 0.6 is 0 Å². The number of nitro groups is 1. The van der Waals surface area contributed by atoms with Gasteiger partial charge in [0.05, 0.1) is 16.5 Å². The van der Waals surface area contributed by atoms with Gasteiger partial charge in [-0.2, -0.15) is 5.26 Å². The van der Waals surface area contributed by atoms with Gasteiger partial charge in [-0.1, -0.05) is 42.5 Å². The van der Waals surface area contributed by atoms with Gasteiger partial charge in [-0.05, 0) is 49.3 Å². The van der Waals surface area contributed by atoms with Crippen LogP contribution in [0.3, 0.4) is 0 Å². The third-order valence-corrected chi connectivity index (χ3v) is 5.72. The van der Waals surface area contributed by atoms with Crippen molar-refractivity contribution in [2.45, 2.75) is 19.9 Å². The number of amides is 2. The largest absolute Gasteiger partial charge is 0.456 e. The number of imide groups is 1. The van der Waals surface area contributed by atoms with E-state index >= 15 is 0 Å². The average molecular weight is 453 g/mol.